The molecule has 17 heavy (non-hydrogen) atoms. The summed E-state index contributed by atoms with van der Waals surface area (Å²) in [6, 6.07) is 8.48. The van der Waals surface area contributed by atoms with E-state index in [-0.39, 0.29) is 11.5 Å². The van der Waals surface area contributed by atoms with Crippen molar-refractivity contribution >= 4 is 16.8 Å². The Morgan fingerprint density at radius 3 is 2.88 bits per heavy atom. The van der Waals surface area contributed by atoms with Crippen LogP contribution < -0.4 is 16.6 Å². The van der Waals surface area contributed by atoms with Crippen molar-refractivity contribution in [2.75, 3.05) is 13.1 Å². The summed E-state index contributed by atoms with van der Waals surface area (Å²) in [7, 11) is 0. The van der Waals surface area contributed by atoms with Gasteiger partial charge in [0.2, 0.25) is 5.56 Å². The van der Waals surface area contributed by atoms with Crippen LogP contribution >= 0.6 is 0 Å². The number of nitrogens with one attached hydrogen (secondary N) is 2. The van der Waals surface area contributed by atoms with Crippen LogP contribution in [0.2, 0.25) is 0 Å². The smallest absolute Gasteiger partial charge is 0.252 e. The van der Waals surface area contributed by atoms with Crippen LogP contribution in [-0.2, 0) is 0 Å². The molecule has 0 unspecified atom stereocenters. The molecule has 0 spiro atoms. The van der Waals surface area contributed by atoms with Crippen molar-refractivity contribution in [3.05, 3.63) is 46.2 Å². The highest BCUT2D eigenvalue weighted by Gasteiger charge is 2.10. The van der Waals surface area contributed by atoms with Crippen molar-refractivity contribution in [2.45, 2.75) is 0 Å². The Balaban J connectivity index is 2.52. The van der Waals surface area contributed by atoms with Crippen LogP contribution in [0, 0.1) is 0 Å². The van der Waals surface area contributed by atoms with Gasteiger partial charge in [0.15, 0.2) is 0 Å². The minimum absolute atomic E-state index is 0.280. The lowest BCUT2D eigenvalue weighted by atomic mass is 10.1. The van der Waals surface area contributed by atoms with Gasteiger partial charge in [0.1, 0.15) is 0 Å². The maximum Gasteiger partial charge on any atom is 0.252 e. The molecule has 2 aromatic rings. The van der Waals surface area contributed by atoms with Crippen molar-refractivity contribution in [3.63, 3.8) is 0 Å². The summed E-state index contributed by atoms with van der Waals surface area (Å²) in [5.74, 6) is -0.280. The molecule has 5 nitrogen and oxygen atoms in total. The number of rotatable bonds is 3. The molecule has 1 aromatic carbocycles. The van der Waals surface area contributed by atoms with Crippen molar-refractivity contribution in [3.8, 4) is 0 Å². The maximum atomic E-state index is 11.9. The Morgan fingerprint density at radius 1 is 1.35 bits per heavy atom. The summed E-state index contributed by atoms with van der Waals surface area (Å²) in [5, 5.41) is 3.37. The number of amides is 1. The minimum Gasteiger partial charge on any atom is -0.351 e. The second kappa shape index (κ2) is 4.80. The van der Waals surface area contributed by atoms with E-state index in [1.165, 1.54) is 6.07 Å². The molecule has 5 heteroatoms. The molecule has 1 aromatic heterocycles. The van der Waals surface area contributed by atoms with Gasteiger partial charge in [-0.2, -0.15) is 0 Å². The van der Waals surface area contributed by atoms with Gasteiger partial charge in [-0.1, -0.05) is 18.2 Å². The van der Waals surface area contributed by atoms with Gasteiger partial charge >= 0.3 is 0 Å². The molecule has 0 aliphatic rings. The second-order valence-corrected chi connectivity index (χ2v) is 3.64. The molecule has 0 aliphatic carbocycles. The first kappa shape index (κ1) is 11.3. The van der Waals surface area contributed by atoms with E-state index in [0.29, 0.717) is 24.2 Å². The quantitative estimate of drug-likeness (QED) is 0.706. The molecule has 0 fully saturated rings. The fourth-order valence-electron chi connectivity index (χ4n) is 1.67. The van der Waals surface area contributed by atoms with Gasteiger partial charge in [-0.3, -0.25) is 9.59 Å². The Morgan fingerprint density at radius 2 is 2.12 bits per heavy atom. The van der Waals surface area contributed by atoms with Crippen LogP contribution in [-0.4, -0.2) is 24.0 Å². The largest absolute Gasteiger partial charge is 0.351 e. The number of hydrogen-bond acceptors (Lipinski definition) is 3. The number of H-pyrrole nitrogens is 1. The van der Waals surface area contributed by atoms with Gasteiger partial charge in [0, 0.05) is 30.1 Å². The second-order valence-electron chi connectivity index (χ2n) is 3.64. The molecule has 1 heterocycles. The number of carbonyl (C=O) groups is 1. The first-order valence-corrected chi connectivity index (χ1v) is 5.32. The fraction of sp³-hybridized carbons (Fsp3) is 0.167. The lowest BCUT2D eigenvalue weighted by Gasteiger charge is -2.06. The standard InChI is InChI=1S/C12H13N3O2/c13-5-6-14-12(17)9-7-11(16)15-10-4-2-1-3-8(9)10/h1-4,7H,5-6,13H2,(H,14,17)(H,15,16). The molecule has 88 valence electrons. The average molecular weight is 231 g/mol. The van der Waals surface area contributed by atoms with E-state index >= 15 is 0 Å². The molecule has 2 rings (SSSR count). The third kappa shape index (κ3) is 2.34. The summed E-state index contributed by atoms with van der Waals surface area (Å²) in [4.78, 5) is 26.0. The molecule has 0 bridgehead atoms. The summed E-state index contributed by atoms with van der Waals surface area (Å²) in [5.41, 5.74) is 6.05. The Labute approximate surface area is 97.6 Å². The molecule has 4 N–H and O–H groups in total. The molecule has 0 aliphatic heterocycles. The van der Waals surface area contributed by atoms with Crippen LogP contribution in [0.1, 0.15) is 10.4 Å². The van der Waals surface area contributed by atoms with Crippen LogP contribution in [0.3, 0.4) is 0 Å². The van der Waals surface area contributed by atoms with E-state index < -0.39 is 0 Å². The zero-order valence-electron chi connectivity index (χ0n) is 9.19. The van der Waals surface area contributed by atoms with Crippen LogP contribution in [0.4, 0.5) is 0 Å². The van der Waals surface area contributed by atoms with E-state index in [0.717, 1.165) is 5.39 Å². The number of nitrogens with two attached hydrogens (primary N) is 1. The number of para-hydroxylation sites is 1. The summed E-state index contributed by atoms with van der Waals surface area (Å²) in [6.07, 6.45) is 0. The monoisotopic (exact) mass is 231 g/mol. The van der Waals surface area contributed by atoms with Gasteiger partial charge in [-0.15, -0.1) is 0 Å². The zero-order chi connectivity index (χ0) is 12.3. The highest BCUT2D eigenvalue weighted by atomic mass is 16.2. The molecule has 0 saturated carbocycles. The predicted octanol–water partition coefficient (Wildman–Crippen LogP) is 0.217. The van der Waals surface area contributed by atoms with Crippen LogP contribution in [0.5, 0.6) is 0 Å². The van der Waals surface area contributed by atoms with Crippen LogP contribution in [0.15, 0.2) is 35.1 Å². The number of carbonyl (C=O) groups excluding carboxylic acids is 1. The van der Waals surface area contributed by atoms with Gasteiger partial charge in [0.05, 0.1) is 5.56 Å². The summed E-state index contributed by atoms with van der Waals surface area (Å²) >= 11 is 0. The topological polar surface area (TPSA) is 88.0 Å². The van der Waals surface area contributed by atoms with Gasteiger partial charge in [0.25, 0.3) is 5.91 Å². The SMILES string of the molecule is NCCNC(=O)c1cc(=O)[nH]c2ccccc12. The number of pyridine rings is 1. The van der Waals surface area contributed by atoms with E-state index in [2.05, 4.69) is 10.3 Å². The van der Waals surface area contributed by atoms with E-state index in [9.17, 15) is 9.59 Å². The average Bonchev–Trinajstić information content (AvgIpc) is 2.34. The molecule has 0 radical (unpaired) electrons. The molecule has 1 amide bonds. The third-order valence-electron chi connectivity index (χ3n) is 2.43. The molecular weight excluding hydrogens is 218 g/mol. The Hall–Kier alpha value is -2.14. The van der Waals surface area contributed by atoms with Crippen molar-refractivity contribution in [2.24, 2.45) is 5.73 Å². The van der Waals surface area contributed by atoms with Gasteiger partial charge < -0.3 is 16.0 Å². The van der Waals surface area contributed by atoms with E-state index in [1.54, 1.807) is 18.2 Å². The zero-order valence-corrected chi connectivity index (χ0v) is 9.19. The highest BCUT2D eigenvalue weighted by molar-refractivity contribution is 6.05. The van der Waals surface area contributed by atoms with Gasteiger partial charge in [-0.25, -0.2) is 0 Å². The van der Waals surface area contributed by atoms with Gasteiger partial charge in [-0.05, 0) is 6.07 Å². The lowest BCUT2D eigenvalue weighted by Crippen LogP contribution is -2.30. The summed E-state index contributed by atoms with van der Waals surface area (Å²) in [6.45, 7) is 0.757. The molecule has 0 saturated heterocycles. The summed E-state index contributed by atoms with van der Waals surface area (Å²) < 4.78 is 0. The predicted molar refractivity (Wildman–Crippen MR) is 66.0 cm³/mol. The van der Waals surface area contributed by atoms with E-state index in [4.69, 9.17) is 5.73 Å². The fourth-order valence-corrected chi connectivity index (χ4v) is 1.67. The first-order valence-electron chi connectivity index (χ1n) is 5.32. The van der Waals surface area contributed by atoms with E-state index in [1.807, 2.05) is 6.07 Å². The van der Waals surface area contributed by atoms with Crippen molar-refractivity contribution in [1.82, 2.24) is 10.3 Å². The van der Waals surface area contributed by atoms with Crippen molar-refractivity contribution in [1.29, 1.82) is 0 Å². The lowest BCUT2D eigenvalue weighted by molar-refractivity contribution is 0.0956. The Kier molecular flexibility index (Phi) is 3.20. The number of benzene rings is 1. The molecule has 0 atom stereocenters. The Bertz CT molecular complexity index is 604. The van der Waals surface area contributed by atoms with Crippen molar-refractivity contribution < 1.29 is 4.79 Å². The number of aromatic amines is 1. The highest BCUT2D eigenvalue weighted by Crippen LogP contribution is 2.13. The maximum absolute atomic E-state index is 11.9. The minimum atomic E-state index is -0.290. The number of hydrogen-bond donors (Lipinski definition) is 3. The number of fused-ring (bicyclic) bond motifs is 1. The molecular formula is C12H13N3O2. The normalized spacial score (nSPS) is 10.4. The first-order chi connectivity index (χ1) is 8.22. The third-order valence-corrected chi connectivity index (χ3v) is 2.43. The number of aromatic nitrogens is 1. The van der Waals surface area contributed by atoms with Crippen LogP contribution in [0.25, 0.3) is 10.9 Å².